The van der Waals surface area contributed by atoms with Crippen molar-refractivity contribution in [1.82, 2.24) is 0 Å². The highest BCUT2D eigenvalue weighted by Gasteiger charge is 1.98. The van der Waals surface area contributed by atoms with Crippen molar-refractivity contribution in [2.45, 2.75) is 240 Å². The Morgan fingerprint density at radius 2 is 0.787 bits per heavy atom. The molecule has 0 saturated carbocycles. The predicted octanol–water partition coefficient (Wildman–Crippen LogP) is 15.4. The molecule has 0 heterocycles. The van der Waals surface area contributed by atoms with E-state index in [1.54, 1.807) is 0 Å². The lowest BCUT2D eigenvalue weighted by Crippen LogP contribution is -1.97. The SMILES string of the molecule is CC(C)CCCCCCCCCCOCCCCCCCCCCC(C)C.CCCCCCCCC=CCCCCCCCC(=O)O. The van der Waals surface area contributed by atoms with Gasteiger partial charge in [-0.2, -0.15) is 0 Å². The Kier molecular flexibility index (Phi) is 44.4. The summed E-state index contributed by atoms with van der Waals surface area (Å²) < 4.78 is 5.80. The fraction of sp³-hybridized carbons (Fsp3) is 0.932. The maximum Gasteiger partial charge on any atom is 0.303 e. The van der Waals surface area contributed by atoms with Crippen LogP contribution >= 0.6 is 0 Å². The van der Waals surface area contributed by atoms with Gasteiger partial charge in [-0.25, -0.2) is 0 Å². The quantitative estimate of drug-likeness (QED) is 0.0531. The molecule has 0 amide bonds. The zero-order valence-corrected chi connectivity index (χ0v) is 33.1. The van der Waals surface area contributed by atoms with Gasteiger partial charge in [0.1, 0.15) is 0 Å². The van der Waals surface area contributed by atoms with E-state index in [1.807, 2.05) is 0 Å². The Morgan fingerprint density at radius 1 is 0.468 bits per heavy atom. The molecular formula is C44H88O3. The summed E-state index contributed by atoms with van der Waals surface area (Å²) in [4.78, 5) is 10.3. The lowest BCUT2D eigenvalue weighted by atomic mass is 10.0. The molecule has 0 bridgehead atoms. The van der Waals surface area contributed by atoms with Gasteiger partial charge in [0, 0.05) is 19.6 Å². The van der Waals surface area contributed by atoms with Crippen LogP contribution in [0.25, 0.3) is 0 Å². The summed E-state index contributed by atoms with van der Waals surface area (Å²) in [5.41, 5.74) is 0. The van der Waals surface area contributed by atoms with Gasteiger partial charge in [0.15, 0.2) is 0 Å². The highest BCUT2D eigenvalue weighted by atomic mass is 16.5. The van der Waals surface area contributed by atoms with Gasteiger partial charge in [-0.15, -0.1) is 0 Å². The summed E-state index contributed by atoms with van der Waals surface area (Å²) in [5.74, 6) is 1.10. The van der Waals surface area contributed by atoms with Crippen LogP contribution in [-0.4, -0.2) is 24.3 Å². The molecule has 0 rings (SSSR count). The molecule has 0 aliphatic heterocycles. The van der Waals surface area contributed by atoms with Gasteiger partial charge in [0.2, 0.25) is 0 Å². The zero-order valence-electron chi connectivity index (χ0n) is 33.1. The average molecular weight is 665 g/mol. The number of hydrogen-bond acceptors (Lipinski definition) is 2. The molecule has 0 atom stereocenters. The van der Waals surface area contributed by atoms with Crippen LogP contribution in [0.5, 0.6) is 0 Å². The number of rotatable bonds is 37. The summed E-state index contributed by atoms with van der Waals surface area (Å²) in [6.45, 7) is 13.6. The van der Waals surface area contributed by atoms with Crippen LogP contribution in [0.4, 0.5) is 0 Å². The van der Waals surface area contributed by atoms with E-state index in [-0.39, 0.29) is 0 Å². The van der Waals surface area contributed by atoms with Crippen LogP contribution in [-0.2, 0) is 9.53 Å². The standard InChI is InChI=1S/C26H54O.C18H34O2/c1-25(2)21-17-13-9-5-7-11-15-19-23-27-24-20-16-12-8-6-10-14-18-22-26(3)4;1-2-3-4-5-6-7-8-9-10-11-12-13-14-15-16-17-18(19)20/h25-26H,5-24H2,1-4H3;9-10H,2-8,11-17H2,1H3,(H,19,20). The Labute approximate surface area is 297 Å². The van der Waals surface area contributed by atoms with E-state index in [0.29, 0.717) is 6.42 Å². The summed E-state index contributed by atoms with van der Waals surface area (Å²) in [5, 5.41) is 8.51. The highest BCUT2D eigenvalue weighted by molar-refractivity contribution is 5.66. The topological polar surface area (TPSA) is 46.5 Å². The van der Waals surface area contributed by atoms with Gasteiger partial charge >= 0.3 is 5.97 Å². The van der Waals surface area contributed by atoms with Crippen molar-refractivity contribution in [1.29, 1.82) is 0 Å². The second-order valence-electron chi connectivity index (χ2n) is 15.4. The minimum atomic E-state index is -0.664. The molecule has 47 heavy (non-hydrogen) atoms. The van der Waals surface area contributed by atoms with Crippen molar-refractivity contribution in [3.8, 4) is 0 Å². The van der Waals surface area contributed by atoms with E-state index >= 15 is 0 Å². The molecule has 0 spiro atoms. The molecule has 0 radical (unpaired) electrons. The second kappa shape index (κ2) is 43.2. The maximum atomic E-state index is 10.3. The molecule has 0 fully saturated rings. The molecule has 0 aromatic carbocycles. The monoisotopic (exact) mass is 665 g/mol. The minimum absolute atomic E-state index is 0.332. The van der Waals surface area contributed by atoms with Gasteiger partial charge in [-0.1, -0.05) is 201 Å². The van der Waals surface area contributed by atoms with Crippen molar-refractivity contribution in [2.24, 2.45) is 11.8 Å². The third kappa shape index (κ3) is 52.2. The number of aliphatic carboxylic acids is 1. The average Bonchev–Trinajstić information content (AvgIpc) is 3.03. The van der Waals surface area contributed by atoms with Crippen LogP contribution < -0.4 is 0 Å². The summed E-state index contributed by atoms with van der Waals surface area (Å²) in [6.07, 6.45) is 46.5. The predicted molar refractivity (Wildman–Crippen MR) is 211 cm³/mol. The lowest BCUT2D eigenvalue weighted by Gasteiger charge is -2.06. The Hall–Kier alpha value is -0.830. The first-order valence-corrected chi connectivity index (χ1v) is 21.3. The van der Waals surface area contributed by atoms with Crippen molar-refractivity contribution in [3.05, 3.63) is 12.2 Å². The van der Waals surface area contributed by atoms with Crippen LogP contribution in [0.2, 0.25) is 0 Å². The third-order valence-electron chi connectivity index (χ3n) is 9.29. The number of ether oxygens (including phenoxy) is 1. The summed E-state index contributed by atoms with van der Waals surface area (Å²) in [6, 6.07) is 0. The van der Waals surface area contributed by atoms with Crippen LogP contribution in [0.1, 0.15) is 240 Å². The van der Waals surface area contributed by atoms with Gasteiger partial charge in [-0.3, -0.25) is 4.79 Å². The molecule has 0 saturated heterocycles. The fourth-order valence-electron chi connectivity index (χ4n) is 6.08. The fourth-order valence-corrected chi connectivity index (χ4v) is 6.08. The van der Waals surface area contributed by atoms with Crippen LogP contribution in [0.15, 0.2) is 12.2 Å². The molecule has 0 aliphatic rings. The third-order valence-corrected chi connectivity index (χ3v) is 9.29. The van der Waals surface area contributed by atoms with E-state index in [4.69, 9.17) is 9.84 Å². The molecule has 0 aliphatic carbocycles. The normalized spacial score (nSPS) is 11.6. The number of unbranched alkanes of at least 4 members (excludes halogenated alkanes) is 25. The molecule has 0 aromatic rings. The Balaban J connectivity index is 0. The Bertz CT molecular complexity index is 571. The van der Waals surface area contributed by atoms with E-state index < -0.39 is 5.97 Å². The molecule has 0 unspecified atom stereocenters. The molecule has 282 valence electrons. The first-order valence-electron chi connectivity index (χ1n) is 21.3. The van der Waals surface area contributed by atoms with E-state index in [2.05, 4.69) is 46.8 Å². The molecular weight excluding hydrogens is 576 g/mol. The maximum absolute atomic E-state index is 10.3. The van der Waals surface area contributed by atoms with Gasteiger partial charge in [0.05, 0.1) is 0 Å². The first kappa shape index (κ1) is 48.3. The molecule has 0 aromatic heterocycles. The number of carbonyl (C=O) groups is 1. The van der Waals surface area contributed by atoms with Crippen molar-refractivity contribution >= 4 is 5.97 Å². The zero-order chi connectivity index (χ0) is 34.9. The highest BCUT2D eigenvalue weighted by Crippen LogP contribution is 2.14. The second-order valence-corrected chi connectivity index (χ2v) is 15.4. The largest absolute Gasteiger partial charge is 0.481 e. The number of carboxylic acids is 1. The minimum Gasteiger partial charge on any atom is -0.481 e. The Morgan fingerprint density at radius 3 is 1.15 bits per heavy atom. The number of allylic oxidation sites excluding steroid dienone is 2. The van der Waals surface area contributed by atoms with Gasteiger partial charge < -0.3 is 9.84 Å². The summed E-state index contributed by atoms with van der Waals surface area (Å²) >= 11 is 0. The number of hydrogen-bond donors (Lipinski definition) is 1. The molecule has 1 N–H and O–H groups in total. The molecule has 3 nitrogen and oxygen atoms in total. The van der Waals surface area contributed by atoms with E-state index in [0.717, 1.165) is 37.9 Å². The van der Waals surface area contributed by atoms with Crippen molar-refractivity contribution < 1.29 is 14.6 Å². The van der Waals surface area contributed by atoms with Crippen LogP contribution in [0, 0.1) is 11.8 Å². The van der Waals surface area contributed by atoms with Crippen molar-refractivity contribution in [3.63, 3.8) is 0 Å². The van der Waals surface area contributed by atoms with Crippen molar-refractivity contribution in [2.75, 3.05) is 13.2 Å². The summed E-state index contributed by atoms with van der Waals surface area (Å²) in [7, 11) is 0. The first-order chi connectivity index (χ1) is 22.9. The lowest BCUT2D eigenvalue weighted by molar-refractivity contribution is -0.137. The van der Waals surface area contributed by atoms with E-state index in [1.165, 1.54) is 186 Å². The van der Waals surface area contributed by atoms with Gasteiger partial charge in [0.25, 0.3) is 0 Å². The number of carboxylic acid groups (broad SMARTS) is 1. The molecule has 3 heteroatoms. The van der Waals surface area contributed by atoms with Crippen LogP contribution in [0.3, 0.4) is 0 Å². The smallest absolute Gasteiger partial charge is 0.303 e. The van der Waals surface area contributed by atoms with Gasteiger partial charge in [-0.05, 0) is 56.8 Å². The van der Waals surface area contributed by atoms with E-state index in [9.17, 15) is 4.79 Å².